The van der Waals surface area contributed by atoms with Gasteiger partial charge in [-0.05, 0) is 43.0 Å². The lowest BCUT2D eigenvalue weighted by molar-refractivity contribution is -0.135. The fourth-order valence-corrected chi connectivity index (χ4v) is 4.22. The SMILES string of the molecule is COc1ccccc1CC(=O)N1CCCC[C@H]1c1ncc(Cc2cccc(Cl)c2)o1. The van der Waals surface area contributed by atoms with Crippen molar-refractivity contribution in [1.29, 1.82) is 0 Å². The molecule has 0 radical (unpaired) electrons. The van der Waals surface area contributed by atoms with E-state index >= 15 is 0 Å². The van der Waals surface area contributed by atoms with Gasteiger partial charge in [0.15, 0.2) is 0 Å². The topological polar surface area (TPSA) is 55.6 Å². The number of para-hydroxylation sites is 1. The van der Waals surface area contributed by atoms with Crippen molar-refractivity contribution in [1.82, 2.24) is 9.88 Å². The van der Waals surface area contributed by atoms with Gasteiger partial charge in [-0.25, -0.2) is 4.98 Å². The highest BCUT2D eigenvalue weighted by molar-refractivity contribution is 6.30. The van der Waals surface area contributed by atoms with Gasteiger partial charge in [-0.3, -0.25) is 4.79 Å². The predicted molar refractivity (Wildman–Crippen MR) is 116 cm³/mol. The molecule has 6 heteroatoms. The van der Waals surface area contributed by atoms with E-state index in [0.717, 1.165) is 41.9 Å². The minimum atomic E-state index is -0.130. The van der Waals surface area contributed by atoms with E-state index in [9.17, 15) is 4.79 Å². The van der Waals surface area contributed by atoms with Crippen molar-refractivity contribution in [2.45, 2.75) is 38.1 Å². The summed E-state index contributed by atoms with van der Waals surface area (Å²) in [6.45, 7) is 0.713. The molecule has 1 atom stereocenters. The van der Waals surface area contributed by atoms with Crippen LogP contribution in [-0.4, -0.2) is 29.4 Å². The maximum absolute atomic E-state index is 13.1. The summed E-state index contributed by atoms with van der Waals surface area (Å²) in [5, 5.41) is 0.702. The Hall–Kier alpha value is -2.79. The van der Waals surface area contributed by atoms with Gasteiger partial charge in [0.25, 0.3) is 0 Å². The highest BCUT2D eigenvalue weighted by Gasteiger charge is 2.31. The molecule has 4 rings (SSSR count). The molecule has 0 saturated carbocycles. The van der Waals surface area contributed by atoms with Gasteiger partial charge in [0.2, 0.25) is 11.8 Å². The standard InChI is InChI=1S/C24H25ClN2O3/c1-29-22-11-3-2-8-18(22)15-23(28)27-12-5-4-10-21(27)24-26-16-20(30-24)14-17-7-6-9-19(25)13-17/h2-3,6-9,11,13,16,21H,4-5,10,12,14-15H2,1H3/t21-/m0/s1. The van der Waals surface area contributed by atoms with Crippen LogP contribution < -0.4 is 4.74 Å². The molecule has 1 fully saturated rings. The van der Waals surface area contributed by atoms with E-state index in [1.165, 1.54) is 0 Å². The number of halogens is 1. The summed E-state index contributed by atoms with van der Waals surface area (Å²) in [5.74, 6) is 2.19. The minimum absolute atomic E-state index is 0.0683. The van der Waals surface area contributed by atoms with Crippen molar-refractivity contribution in [3.05, 3.63) is 82.5 Å². The number of rotatable bonds is 6. The lowest BCUT2D eigenvalue weighted by atomic mass is 10.0. The van der Waals surface area contributed by atoms with Crippen molar-refractivity contribution < 1.29 is 13.9 Å². The van der Waals surface area contributed by atoms with Gasteiger partial charge in [0.05, 0.1) is 19.7 Å². The maximum Gasteiger partial charge on any atom is 0.227 e. The Kier molecular flexibility index (Phi) is 6.38. The Morgan fingerprint density at radius 3 is 2.93 bits per heavy atom. The van der Waals surface area contributed by atoms with E-state index in [0.29, 0.717) is 30.3 Å². The molecule has 0 N–H and O–H groups in total. The second-order valence-corrected chi connectivity index (χ2v) is 8.00. The summed E-state index contributed by atoms with van der Waals surface area (Å²) < 4.78 is 11.5. The third-order valence-electron chi connectivity index (χ3n) is 5.48. The summed E-state index contributed by atoms with van der Waals surface area (Å²) >= 11 is 6.08. The highest BCUT2D eigenvalue weighted by Crippen LogP contribution is 2.32. The quantitative estimate of drug-likeness (QED) is 0.544. The fraction of sp³-hybridized carbons (Fsp3) is 0.333. The number of hydrogen-bond donors (Lipinski definition) is 0. The Morgan fingerprint density at radius 2 is 2.10 bits per heavy atom. The predicted octanol–water partition coefficient (Wildman–Crippen LogP) is 5.22. The summed E-state index contributed by atoms with van der Waals surface area (Å²) in [6.07, 6.45) is 5.58. The maximum atomic E-state index is 13.1. The monoisotopic (exact) mass is 424 g/mol. The summed E-state index contributed by atoms with van der Waals surface area (Å²) in [5.41, 5.74) is 1.96. The van der Waals surface area contributed by atoms with Crippen LogP contribution in [0.5, 0.6) is 5.75 Å². The van der Waals surface area contributed by atoms with Gasteiger partial charge in [-0.2, -0.15) is 0 Å². The molecule has 3 aromatic rings. The van der Waals surface area contributed by atoms with Crippen molar-refractivity contribution in [2.75, 3.05) is 13.7 Å². The molecule has 5 nitrogen and oxygen atoms in total. The first-order valence-electron chi connectivity index (χ1n) is 10.2. The molecule has 0 aliphatic carbocycles. The molecule has 0 spiro atoms. The number of aromatic nitrogens is 1. The smallest absolute Gasteiger partial charge is 0.227 e. The van der Waals surface area contributed by atoms with Gasteiger partial charge in [-0.1, -0.05) is 41.9 Å². The summed E-state index contributed by atoms with van der Waals surface area (Å²) in [4.78, 5) is 19.6. The molecule has 1 aromatic heterocycles. The average Bonchev–Trinajstić information content (AvgIpc) is 3.22. The van der Waals surface area contributed by atoms with Gasteiger partial charge in [0.1, 0.15) is 17.6 Å². The number of nitrogens with zero attached hydrogens (tertiary/aromatic N) is 2. The van der Waals surface area contributed by atoms with E-state index in [1.54, 1.807) is 13.3 Å². The van der Waals surface area contributed by atoms with Crippen LogP contribution in [0, 0.1) is 0 Å². The third kappa shape index (κ3) is 4.68. The average molecular weight is 425 g/mol. The van der Waals surface area contributed by atoms with Crippen LogP contribution in [0.4, 0.5) is 0 Å². The molecule has 2 heterocycles. The molecule has 156 valence electrons. The summed E-state index contributed by atoms with van der Waals surface area (Å²) in [6, 6.07) is 15.2. The normalized spacial score (nSPS) is 16.5. The zero-order chi connectivity index (χ0) is 20.9. The fourth-order valence-electron chi connectivity index (χ4n) is 4.01. The number of likely N-dealkylation sites (tertiary alicyclic amines) is 1. The molecule has 2 aromatic carbocycles. The second-order valence-electron chi connectivity index (χ2n) is 7.56. The van der Waals surface area contributed by atoms with E-state index in [-0.39, 0.29) is 11.9 Å². The number of ether oxygens (including phenoxy) is 1. The number of hydrogen-bond acceptors (Lipinski definition) is 4. The number of methoxy groups -OCH3 is 1. The van der Waals surface area contributed by atoms with Crippen LogP contribution in [0.25, 0.3) is 0 Å². The van der Waals surface area contributed by atoms with Crippen molar-refractivity contribution in [3.63, 3.8) is 0 Å². The van der Waals surface area contributed by atoms with Crippen LogP contribution in [0.2, 0.25) is 5.02 Å². The lowest BCUT2D eigenvalue weighted by Crippen LogP contribution is -2.39. The molecule has 1 aliphatic rings. The Labute approximate surface area is 181 Å². The van der Waals surface area contributed by atoms with E-state index in [2.05, 4.69) is 4.98 Å². The van der Waals surface area contributed by atoms with Crippen LogP contribution in [-0.2, 0) is 17.6 Å². The van der Waals surface area contributed by atoms with Crippen molar-refractivity contribution >= 4 is 17.5 Å². The first-order valence-corrected chi connectivity index (χ1v) is 10.6. The number of carbonyl (C=O) groups excluding carboxylic acids is 1. The lowest BCUT2D eigenvalue weighted by Gasteiger charge is -2.34. The largest absolute Gasteiger partial charge is 0.496 e. The van der Waals surface area contributed by atoms with E-state index < -0.39 is 0 Å². The van der Waals surface area contributed by atoms with Crippen LogP contribution >= 0.6 is 11.6 Å². The Bertz CT molecular complexity index is 1020. The zero-order valence-electron chi connectivity index (χ0n) is 17.0. The third-order valence-corrected chi connectivity index (χ3v) is 5.72. The first kappa shape index (κ1) is 20.5. The van der Waals surface area contributed by atoms with Crippen LogP contribution in [0.3, 0.4) is 0 Å². The summed E-state index contributed by atoms with van der Waals surface area (Å²) in [7, 11) is 1.63. The second kappa shape index (κ2) is 9.35. The molecule has 1 saturated heterocycles. The van der Waals surface area contributed by atoms with Crippen molar-refractivity contribution in [3.8, 4) is 5.75 Å². The number of oxazole rings is 1. The van der Waals surface area contributed by atoms with Gasteiger partial charge in [-0.15, -0.1) is 0 Å². The Morgan fingerprint density at radius 1 is 1.23 bits per heavy atom. The molecular weight excluding hydrogens is 400 g/mol. The molecule has 0 bridgehead atoms. The van der Waals surface area contributed by atoms with Crippen molar-refractivity contribution in [2.24, 2.45) is 0 Å². The molecule has 1 aliphatic heterocycles. The molecule has 1 amide bonds. The number of piperidine rings is 1. The van der Waals surface area contributed by atoms with Crippen LogP contribution in [0.1, 0.15) is 48.1 Å². The number of benzene rings is 2. The molecular formula is C24H25ClN2O3. The number of carbonyl (C=O) groups is 1. The molecule has 0 unspecified atom stereocenters. The Balaban J connectivity index is 1.50. The highest BCUT2D eigenvalue weighted by atomic mass is 35.5. The van der Waals surface area contributed by atoms with E-state index in [4.69, 9.17) is 20.8 Å². The minimum Gasteiger partial charge on any atom is -0.496 e. The van der Waals surface area contributed by atoms with Gasteiger partial charge < -0.3 is 14.1 Å². The van der Waals surface area contributed by atoms with Gasteiger partial charge in [0, 0.05) is 23.6 Å². The van der Waals surface area contributed by atoms with Gasteiger partial charge >= 0.3 is 0 Å². The molecule has 30 heavy (non-hydrogen) atoms. The number of amides is 1. The van der Waals surface area contributed by atoms with Crippen LogP contribution in [0.15, 0.2) is 59.1 Å². The first-order chi connectivity index (χ1) is 14.6. The zero-order valence-corrected chi connectivity index (χ0v) is 17.8. The van der Waals surface area contributed by atoms with E-state index in [1.807, 2.05) is 53.4 Å².